The van der Waals surface area contributed by atoms with E-state index < -0.39 is 0 Å². The van der Waals surface area contributed by atoms with Crippen LogP contribution in [-0.4, -0.2) is 30.7 Å². The molecular weight excluding hydrogens is 333 g/mol. The average molecular weight is 353 g/mol. The van der Waals surface area contributed by atoms with Crippen molar-refractivity contribution in [3.05, 3.63) is 54.1 Å². The molecule has 2 aromatic carbocycles. The van der Waals surface area contributed by atoms with E-state index in [0.717, 1.165) is 53.2 Å². The molecule has 0 N–H and O–H groups in total. The van der Waals surface area contributed by atoms with Crippen molar-refractivity contribution in [1.82, 2.24) is 9.97 Å². The van der Waals surface area contributed by atoms with Crippen LogP contribution in [-0.2, 0) is 0 Å². The van der Waals surface area contributed by atoms with Gasteiger partial charge < -0.3 is 14.4 Å². The molecule has 26 heavy (non-hydrogen) atoms. The SMILES string of the molecule is COc1ccc(C2CCCN2c2ncnc3ccc(F)cc23)c(OC)c1. The smallest absolute Gasteiger partial charge is 0.140 e. The summed E-state index contributed by atoms with van der Waals surface area (Å²) in [5.41, 5.74) is 1.82. The summed E-state index contributed by atoms with van der Waals surface area (Å²) in [6, 6.07) is 10.6. The Morgan fingerprint density at radius 1 is 1.08 bits per heavy atom. The minimum Gasteiger partial charge on any atom is -0.497 e. The van der Waals surface area contributed by atoms with E-state index >= 15 is 0 Å². The highest BCUT2D eigenvalue weighted by Gasteiger charge is 2.30. The van der Waals surface area contributed by atoms with E-state index in [1.54, 1.807) is 20.3 Å². The van der Waals surface area contributed by atoms with Gasteiger partial charge in [-0.25, -0.2) is 14.4 Å². The maximum absolute atomic E-state index is 13.8. The Labute approximate surface area is 151 Å². The number of hydrogen-bond donors (Lipinski definition) is 0. The van der Waals surface area contributed by atoms with E-state index in [4.69, 9.17) is 9.47 Å². The summed E-state index contributed by atoms with van der Waals surface area (Å²) in [5, 5.41) is 0.729. The number of anilines is 1. The van der Waals surface area contributed by atoms with Gasteiger partial charge in [-0.15, -0.1) is 0 Å². The van der Waals surface area contributed by atoms with Gasteiger partial charge in [0.1, 0.15) is 29.5 Å². The van der Waals surface area contributed by atoms with E-state index in [0.29, 0.717) is 0 Å². The molecule has 1 saturated heterocycles. The number of ether oxygens (including phenoxy) is 2. The summed E-state index contributed by atoms with van der Waals surface area (Å²) in [5.74, 6) is 2.01. The van der Waals surface area contributed by atoms with Crippen molar-refractivity contribution in [3.8, 4) is 11.5 Å². The monoisotopic (exact) mass is 353 g/mol. The number of halogens is 1. The van der Waals surface area contributed by atoms with Gasteiger partial charge in [-0.2, -0.15) is 0 Å². The maximum Gasteiger partial charge on any atom is 0.140 e. The third-order valence-electron chi connectivity index (χ3n) is 4.90. The molecule has 5 nitrogen and oxygen atoms in total. The van der Waals surface area contributed by atoms with Gasteiger partial charge in [0.15, 0.2) is 0 Å². The number of rotatable bonds is 4. The Kier molecular flexibility index (Phi) is 4.32. The van der Waals surface area contributed by atoms with Gasteiger partial charge in [0, 0.05) is 23.6 Å². The molecule has 0 bridgehead atoms. The summed E-state index contributed by atoms with van der Waals surface area (Å²) < 4.78 is 24.7. The lowest BCUT2D eigenvalue weighted by Crippen LogP contribution is -2.24. The first-order valence-electron chi connectivity index (χ1n) is 8.60. The zero-order valence-electron chi connectivity index (χ0n) is 14.8. The van der Waals surface area contributed by atoms with Crippen molar-refractivity contribution < 1.29 is 13.9 Å². The maximum atomic E-state index is 13.8. The van der Waals surface area contributed by atoms with Crippen molar-refractivity contribution in [1.29, 1.82) is 0 Å². The van der Waals surface area contributed by atoms with Crippen LogP contribution >= 0.6 is 0 Å². The minimum atomic E-state index is -0.286. The average Bonchev–Trinajstić information content (AvgIpc) is 3.16. The number of nitrogens with zero attached hydrogens (tertiary/aromatic N) is 3. The van der Waals surface area contributed by atoms with E-state index in [9.17, 15) is 4.39 Å². The van der Waals surface area contributed by atoms with Crippen LogP contribution in [0.4, 0.5) is 10.2 Å². The summed E-state index contributed by atoms with van der Waals surface area (Å²) in [7, 11) is 3.30. The molecule has 1 aliphatic rings. The minimum absolute atomic E-state index is 0.109. The molecule has 0 aliphatic carbocycles. The molecule has 2 heterocycles. The second-order valence-electron chi connectivity index (χ2n) is 6.32. The number of fused-ring (bicyclic) bond motifs is 1. The molecule has 0 radical (unpaired) electrons. The molecule has 0 spiro atoms. The van der Waals surface area contributed by atoms with E-state index in [-0.39, 0.29) is 11.9 Å². The van der Waals surface area contributed by atoms with Crippen LogP contribution in [0, 0.1) is 5.82 Å². The Morgan fingerprint density at radius 3 is 2.77 bits per heavy atom. The van der Waals surface area contributed by atoms with E-state index in [1.165, 1.54) is 18.5 Å². The number of benzene rings is 2. The normalized spacial score (nSPS) is 16.9. The summed E-state index contributed by atoms with van der Waals surface area (Å²) in [6.07, 6.45) is 3.54. The summed E-state index contributed by atoms with van der Waals surface area (Å²) in [6.45, 7) is 0.850. The summed E-state index contributed by atoms with van der Waals surface area (Å²) >= 11 is 0. The highest BCUT2D eigenvalue weighted by molar-refractivity contribution is 5.89. The quantitative estimate of drug-likeness (QED) is 0.706. The Hall–Kier alpha value is -2.89. The van der Waals surface area contributed by atoms with Crippen LogP contribution in [0.1, 0.15) is 24.4 Å². The number of aromatic nitrogens is 2. The van der Waals surface area contributed by atoms with Gasteiger partial charge in [0.25, 0.3) is 0 Å². The lowest BCUT2D eigenvalue weighted by atomic mass is 10.0. The van der Waals surface area contributed by atoms with Crippen LogP contribution in [0.5, 0.6) is 11.5 Å². The van der Waals surface area contributed by atoms with Crippen molar-refractivity contribution >= 4 is 16.7 Å². The fraction of sp³-hybridized carbons (Fsp3) is 0.300. The molecule has 134 valence electrons. The highest BCUT2D eigenvalue weighted by Crippen LogP contribution is 2.42. The molecule has 1 atom stereocenters. The van der Waals surface area contributed by atoms with Crippen LogP contribution in [0.2, 0.25) is 0 Å². The van der Waals surface area contributed by atoms with E-state index in [2.05, 4.69) is 14.9 Å². The molecular formula is C20H20FN3O2. The predicted molar refractivity (Wildman–Crippen MR) is 98.4 cm³/mol. The van der Waals surface area contributed by atoms with Gasteiger partial charge in [0.2, 0.25) is 0 Å². The Morgan fingerprint density at radius 2 is 1.96 bits per heavy atom. The van der Waals surface area contributed by atoms with Crippen molar-refractivity contribution in [3.63, 3.8) is 0 Å². The van der Waals surface area contributed by atoms with Crippen LogP contribution in [0.3, 0.4) is 0 Å². The van der Waals surface area contributed by atoms with Gasteiger partial charge in [-0.05, 0) is 43.2 Å². The number of hydrogen-bond acceptors (Lipinski definition) is 5. The second-order valence-corrected chi connectivity index (χ2v) is 6.32. The van der Waals surface area contributed by atoms with Crippen LogP contribution < -0.4 is 14.4 Å². The first-order chi connectivity index (χ1) is 12.7. The van der Waals surface area contributed by atoms with Crippen LogP contribution in [0.15, 0.2) is 42.7 Å². The molecule has 1 fully saturated rings. The van der Waals surface area contributed by atoms with E-state index in [1.807, 2.05) is 18.2 Å². The lowest BCUT2D eigenvalue weighted by Gasteiger charge is -2.28. The zero-order valence-corrected chi connectivity index (χ0v) is 14.8. The zero-order chi connectivity index (χ0) is 18.1. The van der Waals surface area contributed by atoms with Gasteiger partial charge in [-0.3, -0.25) is 0 Å². The first kappa shape index (κ1) is 16.6. The largest absolute Gasteiger partial charge is 0.497 e. The lowest BCUT2D eigenvalue weighted by molar-refractivity contribution is 0.388. The Bertz CT molecular complexity index is 947. The molecule has 0 saturated carbocycles. The highest BCUT2D eigenvalue weighted by atomic mass is 19.1. The molecule has 6 heteroatoms. The van der Waals surface area contributed by atoms with Crippen LogP contribution in [0.25, 0.3) is 10.9 Å². The molecule has 3 aromatic rings. The second kappa shape index (κ2) is 6.78. The van der Waals surface area contributed by atoms with Gasteiger partial charge in [-0.1, -0.05) is 0 Å². The molecule has 1 aliphatic heterocycles. The fourth-order valence-electron chi connectivity index (χ4n) is 3.68. The predicted octanol–water partition coefficient (Wildman–Crippen LogP) is 4.13. The first-order valence-corrected chi connectivity index (χ1v) is 8.60. The molecule has 1 unspecified atom stereocenters. The fourth-order valence-corrected chi connectivity index (χ4v) is 3.68. The molecule has 4 rings (SSSR count). The van der Waals surface area contributed by atoms with Crippen molar-refractivity contribution in [2.24, 2.45) is 0 Å². The molecule has 0 amide bonds. The third-order valence-corrected chi connectivity index (χ3v) is 4.90. The van der Waals surface area contributed by atoms with Crippen molar-refractivity contribution in [2.75, 3.05) is 25.7 Å². The standard InChI is InChI=1S/C20H20FN3O2/c1-25-14-6-7-15(19(11-14)26-2)18-4-3-9-24(18)20-16-10-13(21)5-8-17(16)22-12-23-20/h5-8,10-12,18H,3-4,9H2,1-2H3. The number of methoxy groups -OCH3 is 2. The van der Waals surface area contributed by atoms with Crippen molar-refractivity contribution in [2.45, 2.75) is 18.9 Å². The van der Waals surface area contributed by atoms with Gasteiger partial charge >= 0.3 is 0 Å². The summed E-state index contributed by atoms with van der Waals surface area (Å²) in [4.78, 5) is 11.0. The Balaban J connectivity index is 1.80. The topological polar surface area (TPSA) is 47.5 Å². The third kappa shape index (κ3) is 2.81. The van der Waals surface area contributed by atoms with Gasteiger partial charge in [0.05, 0.1) is 25.8 Å². The molecule has 1 aromatic heterocycles.